The van der Waals surface area contributed by atoms with Crippen LogP contribution in [-0.4, -0.2) is 32.8 Å². The van der Waals surface area contributed by atoms with Crippen molar-refractivity contribution in [1.29, 1.82) is 0 Å². The van der Waals surface area contributed by atoms with Crippen LogP contribution in [0.25, 0.3) is 5.70 Å². The lowest BCUT2D eigenvalue weighted by Gasteiger charge is -2.23. The van der Waals surface area contributed by atoms with Crippen molar-refractivity contribution in [2.24, 2.45) is 0 Å². The monoisotopic (exact) mass is 369 g/mol. The van der Waals surface area contributed by atoms with Crippen molar-refractivity contribution < 1.29 is 14.3 Å². The summed E-state index contributed by atoms with van der Waals surface area (Å²) in [6, 6.07) is 11.7. The van der Waals surface area contributed by atoms with Crippen molar-refractivity contribution in [2.45, 2.75) is 12.2 Å². The average molecular weight is 369 g/mol. The Morgan fingerprint density at radius 3 is 2.50 bits per heavy atom. The molecule has 5 heteroatoms. The molecule has 2 aromatic carbocycles. The van der Waals surface area contributed by atoms with E-state index in [1.165, 1.54) is 5.56 Å². The third-order valence-corrected chi connectivity index (χ3v) is 5.06. The van der Waals surface area contributed by atoms with E-state index in [1.54, 1.807) is 32.1 Å². The molecule has 0 bridgehead atoms. The van der Waals surface area contributed by atoms with Crippen LogP contribution in [0.3, 0.4) is 0 Å². The molecule has 0 unspecified atom stereocenters. The van der Waals surface area contributed by atoms with Gasteiger partial charge < -0.3 is 14.8 Å². The number of fused-ring (bicyclic) bond motifs is 1. The van der Waals surface area contributed by atoms with Crippen molar-refractivity contribution in [1.82, 2.24) is 5.32 Å². The minimum absolute atomic E-state index is 0.00848. The SMILES string of the molecule is COc1cc2c(cc1OC)/C(=C/C(=O)c1ccc(CSC)cc1)NCC2. The number of rotatable bonds is 6. The van der Waals surface area contributed by atoms with Crippen LogP contribution in [0.5, 0.6) is 11.5 Å². The molecule has 0 spiro atoms. The first-order valence-corrected chi connectivity index (χ1v) is 9.88. The van der Waals surface area contributed by atoms with Crippen LogP contribution >= 0.6 is 11.8 Å². The zero-order chi connectivity index (χ0) is 18.5. The summed E-state index contributed by atoms with van der Waals surface area (Å²) in [5.41, 5.74) is 4.87. The highest BCUT2D eigenvalue weighted by molar-refractivity contribution is 7.97. The number of ketones is 1. The van der Waals surface area contributed by atoms with Crippen LogP contribution in [0.15, 0.2) is 42.5 Å². The van der Waals surface area contributed by atoms with E-state index >= 15 is 0 Å². The molecule has 0 amide bonds. The molecule has 26 heavy (non-hydrogen) atoms. The fourth-order valence-corrected chi connectivity index (χ4v) is 3.61. The Morgan fingerprint density at radius 1 is 1.15 bits per heavy atom. The van der Waals surface area contributed by atoms with Crippen LogP contribution in [0, 0.1) is 0 Å². The molecular weight excluding hydrogens is 346 g/mol. The highest BCUT2D eigenvalue weighted by Crippen LogP contribution is 2.34. The van der Waals surface area contributed by atoms with Gasteiger partial charge in [0.15, 0.2) is 17.3 Å². The first-order valence-electron chi connectivity index (χ1n) is 8.49. The lowest BCUT2D eigenvalue weighted by Crippen LogP contribution is -2.23. The summed E-state index contributed by atoms with van der Waals surface area (Å²) in [5.74, 6) is 2.32. The van der Waals surface area contributed by atoms with Crippen molar-refractivity contribution in [3.63, 3.8) is 0 Å². The number of carbonyl (C=O) groups excluding carboxylic acids is 1. The van der Waals surface area contributed by atoms with Gasteiger partial charge in [-0.15, -0.1) is 0 Å². The summed E-state index contributed by atoms with van der Waals surface area (Å²) in [5, 5.41) is 3.34. The van der Waals surface area contributed by atoms with Crippen molar-refractivity contribution in [2.75, 3.05) is 27.0 Å². The standard InChI is InChI=1S/C21H23NO3S/c1-24-20-10-16-8-9-22-18(17(16)11-21(20)25-2)12-19(23)15-6-4-14(5-7-15)13-26-3/h4-7,10-12,22H,8-9,13H2,1-3H3/b18-12-. The quantitative estimate of drug-likeness (QED) is 0.617. The van der Waals surface area contributed by atoms with Gasteiger partial charge in [0, 0.05) is 35.2 Å². The van der Waals surface area contributed by atoms with Crippen LogP contribution in [0.1, 0.15) is 27.0 Å². The summed E-state index contributed by atoms with van der Waals surface area (Å²) < 4.78 is 10.8. The Bertz CT molecular complexity index is 828. The summed E-state index contributed by atoms with van der Waals surface area (Å²) >= 11 is 1.77. The molecule has 0 aliphatic carbocycles. The number of carbonyl (C=O) groups is 1. The van der Waals surface area contributed by atoms with Gasteiger partial charge in [0.05, 0.1) is 14.2 Å². The maximum absolute atomic E-state index is 12.7. The lowest BCUT2D eigenvalue weighted by atomic mass is 9.95. The van der Waals surface area contributed by atoms with E-state index in [-0.39, 0.29) is 5.78 Å². The van der Waals surface area contributed by atoms with Crippen molar-refractivity contribution >= 4 is 23.2 Å². The Labute approximate surface area is 158 Å². The van der Waals surface area contributed by atoms with Crippen LogP contribution in [-0.2, 0) is 12.2 Å². The second-order valence-electron chi connectivity index (χ2n) is 6.09. The number of methoxy groups -OCH3 is 2. The van der Waals surface area contributed by atoms with Gasteiger partial charge in [0.2, 0.25) is 0 Å². The van der Waals surface area contributed by atoms with Gasteiger partial charge in [-0.3, -0.25) is 4.79 Å². The lowest BCUT2D eigenvalue weighted by molar-refractivity contribution is 0.104. The van der Waals surface area contributed by atoms with E-state index in [0.717, 1.165) is 35.5 Å². The summed E-state index contributed by atoms with van der Waals surface area (Å²) in [6.07, 6.45) is 4.62. The van der Waals surface area contributed by atoms with Gasteiger partial charge in [-0.2, -0.15) is 11.8 Å². The maximum Gasteiger partial charge on any atom is 0.187 e. The van der Waals surface area contributed by atoms with E-state index < -0.39 is 0 Å². The molecule has 0 radical (unpaired) electrons. The third kappa shape index (κ3) is 3.88. The van der Waals surface area contributed by atoms with Crippen LogP contribution in [0.4, 0.5) is 0 Å². The minimum Gasteiger partial charge on any atom is -0.493 e. The Morgan fingerprint density at radius 2 is 1.85 bits per heavy atom. The fourth-order valence-electron chi connectivity index (χ4n) is 3.08. The number of hydrogen-bond donors (Lipinski definition) is 1. The van der Waals surface area contributed by atoms with Crippen molar-refractivity contribution in [3.8, 4) is 11.5 Å². The smallest absolute Gasteiger partial charge is 0.187 e. The first kappa shape index (κ1) is 18.4. The first-order chi connectivity index (χ1) is 12.7. The van der Waals surface area contributed by atoms with Gasteiger partial charge in [-0.05, 0) is 35.9 Å². The molecule has 3 rings (SSSR count). The molecule has 0 fully saturated rings. The molecule has 1 N–H and O–H groups in total. The molecule has 1 aliphatic heterocycles. The predicted octanol–water partition coefficient (Wildman–Crippen LogP) is 3.94. The van der Waals surface area contributed by atoms with Gasteiger partial charge in [0.25, 0.3) is 0 Å². The molecule has 2 aromatic rings. The number of ether oxygens (including phenoxy) is 2. The molecule has 4 nitrogen and oxygen atoms in total. The number of hydrogen-bond acceptors (Lipinski definition) is 5. The van der Waals surface area contributed by atoms with Gasteiger partial charge in [0.1, 0.15) is 0 Å². The Kier molecular flexibility index (Phi) is 5.89. The van der Waals surface area contributed by atoms with E-state index in [2.05, 4.69) is 11.6 Å². The largest absolute Gasteiger partial charge is 0.493 e. The topological polar surface area (TPSA) is 47.6 Å². The molecule has 0 saturated heterocycles. The van der Waals surface area contributed by atoms with E-state index in [0.29, 0.717) is 17.1 Å². The molecule has 1 aliphatic rings. The second-order valence-corrected chi connectivity index (χ2v) is 6.96. The average Bonchev–Trinajstić information content (AvgIpc) is 2.68. The predicted molar refractivity (Wildman–Crippen MR) is 107 cm³/mol. The summed E-state index contributed by atoms with van der Waals surface area (Å²) in [4.78, 5) is 12.7. The minimum atomic E-state index is -0.00848. The highest BCUT2D eigenvalue weighted by Gasteiger charge is 2.19. The number of allylic oxidation sites excluding steroid dienone is 1. The van der Waals surface area contributed by atoms with Gasteiger partial charge in [-0.1, -0.05) is 24.3 Å². The zero-order valence-corrected chi connectivity index (χ0v) is 16.1. The number of benzene rings is 2. The van der Waals surface area contributed by atoms with Crippen molar-refractivity contribution in [3.05, 3.63) is 64.7 Å². The molecule has 0 aromatic heterocycles. The van der Waals surface area contributed by atoms with E-state index in [9.17, 15) is 4.79 Å². The molecule has 1 heterocycles. The summed E-state index contributed by atoms with van der Waals surface area (Å²) in [7, 11) is 3.25. The van der Waals surface area contributed by atoms with Gasteiger partial charge >= 0.3 is 0 Å². The second kappa shape index (κ2) is 8.32. The highest BCUT2D eigenvalue weighted by atomic mass is 32.2. The van der Waals surface area contributed by atoms with E-state index in [1.807, 2.05) is 36.4 Å². The van der Waals surface area contributed by atoms with Gasteiger partial charge in [-0.25, -0.2) is 0 Å². The number of thioether (sulfide) groups is 1. The molecule has 0 saturated carbocycles. The molecule has 0 atom stereocenters. The Hall–Kier alpha value is -2.40. The zero-order valence-electron chi connectivity index (χ0n) is 15.3. The van der Waals surface area contributed by atoms with Crippen LogP contribution < -0.4 is 14.8 Å². The third-order valence-electron chi connectivity index (χ3n) is 4.43. The fraction of sp³-hybridized carbons (Fsp3) is 0.286. The maximum atomic E-state index is 12.7. The number of nitrogens with one attached hydrogen (secondary N) is 1. The van der Waals surface area contributed by atoms with E-state index in [4.69, 9.17) is 9.47 Å². The summed E-state index contributed by atoms with van der Waals surface area (Å²) in [6.45, 7) is 0.786. The normalized spacial score (nSPS) is 14.5. The van der Waals surface area contributed by atoms with Crippen LogP contribution in [0.2, 0.25) is 0 Å². The molecule has 136 valence electrons. The molecular formula is C21H23NO3S. The Balaban J connectivity index is 1.91.